The van der Waals surface area contributed by atoms with Gasteiger partial charge in [-0.05, 0) is 56.4 Å². The van der Waals surface area contributed by atoms with E-state index in [1.54, 1.807) is 0 Å². The van der Waals surface area contributed by atoms with Crippen molar-refractivity contribution in [1.82, 2.24) is 0 Å². The molecule has 1 aromatic rings. The monoisotopic (exact) mass is 175 g/mol. The van der Waals surface area contributed by atoms with E-state index < -0.39 is 0 Å². The number of benzene rings is 1. The summed E-state index contributed by atoms with van der Waals surface area (Å²) in [4.78, 5) is 0. The fourth-order valence-electron chi connectivity index (χ4n) is 1.56. The van der Waals surface area contributed by atoms with Crippen LogP contribution in [0.4, 0.5) is 5.69 Å². The summed E-state index contributed by atoms with van der Waals surface area (Å²) in [5.74, 6) is 0. The van der Waals surface area contributed by atoms with Gasteiger partial charge in [0.05, 0.1) is 0 Å². The van der Waals surface area contributed by atoms with Crippen LogP contribution in [0.15, 0.2) is 12.1 Å². The first kappa shape index (κ1) is 8.61. The van der Waals surface area contributed by atoms with Crippen molar-refractivity contribution < 1.29 is 0 Å². The van der Waals surface area contributed by atoms with Crippen molar-refractivity contribution >= 4 is 5.69 Å². The second-order valence-electron chi connectivity index (χ2n) is 4.10. The summed E-state index contributed by atoms with van der Waals surface area (Å²) in [6.45, 7) is 6.57. The van der Waals surface area contributed by atoms with Crippen molar-refractivity contribution in [2.45, 2.75) is 39.7 Å². The van der Waals surface area contributed by atoms with Crippen LogP contribution in [0.3, 0.4) is 0 Å². The van der Waals surface area contributed by atoms with Gasteiger partial charge in [0.15, 0.2) is 0 Å². The average molecular weight is 175 g/mol. The maximum atomic E-state index is 3.55. The van der Waals surface area contributed by atoms with Crippen molar-refractivity contribution in [1.29, 1.82) is 0 Å². The van der Waals surface area contributed by atoms with Gasteiger partial charge in [0.1, 0.15) is 0 Å². The Bertz CT molecular complexity index is 324. The van der Waals surface area contributed by atoms with Gasteiger partial charge >= 0.3 is 0 Å². The van der Waals surface area contributed by atoms with Gasteiger partial charge in [0.2, 0.25) is 0 Å². The van der Waals surface area contributed by atoms with Crippen LogP contribution in [0.2, 0.25) is 0 Å². The number of aryl methyl sites for hydroxylation is 1. The summed E-state index contributed by atoms with van der Waals surface area (Å²) >= 11 is 0. The van der Waals surface area contributed by atoms with E-state index in [9.17, 15) is 0 Å². The lowest BCUT2D eigenvalue weighted by Gasteiger charge is -2.12. The van der Waals surface area contributed by atoms with Crippen LogP contribution in [0.25, 0.3) is 0 Å². The third-order valence-corrected chi connectivity index (χ3v) is 2.99. The molecule has 0 amide bonds. The van der Waals surface area contributed by atoms with E-state index in [0.29, 0.717) is 0 Å². The Morgan fingerprint density at radius 3 is 2.38 bits per heavy atom. The molecule has 1 saturated carbocycles. The van der Waals surface area contributed by atoms with Crippen molar-refractivity contribution in [2.24, 2.45) is 0 Å². The summed E-state index contributed by atoms with van der Waals surface area (Å²) in [5, 5.41) is 3.55. The van der Waals surface area contributed by atoms with Crippen LogP contribution in [0, 0.1) is 20.8 Å². The van der Waals surface area contributed by atoms with Gasteiger partial charge in [0, 0.05) is 11.7 Å². The van der Waals surface area contributed by atoms with E-state index in [0.717, 1.165) is 6.04 Å². The summed E-state index contributed by atoms with van der Waals surface area (Å²) in [5.41, 5.74) is 5.54. The Morgan fingerprint density at radius 2 is 1.77 bits per heavy atom. The van der Waals surface area contributed by atoms with Gasteiger partial charge in [-0.3, -0.25) is 0 Å². The lowest BCUT2D eigenvalue weighted by atomic mass is 10.0. The Kier molecular flexibility index (Phi) is 2.03. The molecule has 0 atom stereocenters. The van der Waals surface area contributed by atoms with Gasteiger partial charge in [0.25, 0.3) is 0 Å². The largest absolute Gasteiger partial charge is 0.382 e. The van der Waals surface area contributed by atoms with Crippen LogP contribution in [-0.2, 0) is 0 Å². The number of anilines is 1. The van der Waals surface area contributed by atoms with Crippen LogP contribution >= 0.6 is 0 Å². The van der Waals surface area contributed by atoms with Crippen molar-refractivity contribution in [3.8, 4) is 0 Å². The highest BCUT2D eigenvalue weighted by atomic mass is 15.0. The molecule has 0 unspecified atom stereocenters. The standard InChI is InChI=1S/C12H17N/c1-8-4-7-12(10(3)9(8)2)13-11-5-6-11/h4,7,11,13H,5-6H2,1-3H3. The van der Waals surface area contributed by atoms with E-state index in [1.165, 1.54) is 35.2 Å². The number of nitrogens with one attached hydrogen (secondary N) is 1. The molecule has 1 aromatic carbocycles. The lowest BCUT2D eigenvalue weighted by molar-refractivity contribution is 1.13. The maximum Gasteiger partial charge on any atom is 0.0374 e. The molecule has 70 valence electrons. The van der Waals surface area contributed by atoms with Crippen molar-refractivity contribution in [3.05, 3.63) is 28.8 Å². The molecule has 1 fully saturated rings. The molecular formula is C12H17N. The van der Waals surface area contributed by atoms with Gasteiger partial charge in [-0.2, -0.15) is 0 Å². The molecule has 1 aliphatic carbocycles. The highest BCUT2D eigenvalue weighted by molar-refractivity contribution is 5.57. The zero-order chi connectivity index (χ0) is 9.42. The second-order valence-corrected chi connectivity index (χ2v) is 4.10. The summed E-state index contributed by atoms with van der Waals surface area (Å²) in [6, 6.07) is 5.16. The fourth-order valence-corrected chi connectivity index (χ4v) is 1.56. The SMILES string of the molecule is Cc1ccc(NC2CC2)c(C)c1C. The summed E-state index contributed by atoms with van der Waals surface area (Å²) in [7, 11) is 0. The zero-order valence-electron chi connectivity index (χ0n) is 8.65. The van der Waals surface area contributed by atoms with E-state index in [4.69, 9.17) is 0 Å². The van der Waals surface area contributed by atoms with E-state index in [1.807, 2.05) is 0 Å². The molecule has 0 spiro atoms. The van der Waals surface area contributed by atoms with Crippen LogP contribution in [-0.4, -0.2) is 6.04 Å². The topological polar surface area (TPSA) is 12.0 Å². The minimum atomic E-state index is 0.751. The minimum Gasteiger partial charge on any atom is -0.382 e. The molecule has 1 heteroatoms. The molecule has 0 radical (unpaired) electrons. The fraction of sp³-hybridized carbons (Fsp3) is 0.500. The third-order valence-electron chi connectivity index (χ3n) is 2.99. The predicted octanol–water partition coefficient (Wildman–Crippen LogP) is 3.19. The van der Waals surface area contributed by atoms with Crippen molar-refractivity contribution in [2.75, 3.05) is 5.32 Å². The van der Waals surface area contributed by atoms with Crippen LogP contribution in [0.1, 0.15) is 29.5 Å². The predicted molar refractivity (Wildman–Crippen MR) is 57.3 cm³/mol. The summed E-state index contributed by atoms with van der Waals surface area (Å²) in [6.07, 6.45) is 2.68. The van der Waals surface area contributed by atoms with Gasteiger partial charge in [-0.25, -0.2) is 0 Å². The van der Waals surface area contributed by atoms with Crippen molar-refractivity contribution in [3.63, 3.8) is 0 Å². The molecule has 0 saturated heterocycles. The Morgan fingerprint density at radius 1 is 1.08 bits per heavy atom. The smallest absolute Gasteiger partial charge is 0.0374 e. The van der Waals surface area contributed by atoms with Crippen LogP contribution < -0.4 is 5.32 Å². The Balaban J connectivity index is 2.29. The van der Waals surface area contributed by atoms with Gasteiger partial charge < -0.3 is 5.32 Å². The molecule has 1 aliphatic rings. The first-order chi connectivity index (χ1) is 6.18. The maximum absolute atomic E-state index is 3.55. The van der Waals surface area contributed by atoms with E-state index in [-0.39, 0.29) is 0 Å². The number of hydrogen-bond donors (Lipinski definition) is 1. The Labute approximate surface area is 80.2 Å². The molecular weight excluding hydrogens is 158 g/mol. The molecule has 2 rings (SSSR count). The highest BCUT2D eigenvalue weighted by Crippen LogP contribution is 2.28. The van der Waals surface area contributed by atoms with Gasteiger partial charge in [-0.15, -0.1) is 0 Å². The van der Waals surface area contributed by atoms with E-state index in [2.05, 4.69) is 38.2 Å². The number of rotatable bonds is 2. The zero-order valence-corrected chi connectivity index (χ0v) is 8.65. The van der Waals surface area contributed by atoms with E-state index >= 15 is 0 Å². The summed E-state index contributed by atoms with van der Waals surface area (Å²) < 4.78 is 0. The van der Waals surface area contributed by atoms with Crippen LogP contribution in [0.5, 0.6) is 0 Å². The minimum absolute atomic E-state index is 0.751. The molecule has 0 aromatic heterocycles. The molecule has 1 nitrogen and oxygen atoms in total. The Hall–Kier alpha value is -0.980. The molecule has 1 N–H and O–H groups in total. The number of hydrogen-bond acceptors (Lipinski definition) is 1. The highest BCUT2D eigenvalue weighted by Gasteiger charge is 2.21. The average Bonchev–Trinajstić information content (AvgIpc) is 2.90. The third kappa shape index (κ3) is 1.69. The second kappa shape index (κ2) is 3.06. The lowest BCUT2D eigenvalue weighted by Crippen LogP contribution is -2.03. The molecule has 0 aliphatic heterocycles. The normalized spacial score (nSPS) is 15.9. The van der Waals surface area contributed by atoms with Gasteiger partial charge in [-0.1, -0.05) is 6.07 Å². The molecule has 0 bridgehead atoms. The molecule has 0 heterocycles. The molecule has 13 heavy (non-hydrogen) atoms. The first-order valence-corrected chi connectivity index (χ1v) is 5.02. The first-order valence-electron chi connectivity index (χ1n) is 5.02. The quantitative estimate of drug-likeness (QED) is 0.728.